The summed E-state index contributed by atoms with van der Waals surface area (Å²) in [6, 6.07) is 17.1. The van der Waals surface area contributed by atoms with Crippen LogP contribution in [0.5, 0.6) is 0 Å². The Balaban J connectivity index is 1.80. The Morgan fingerprint density at radius 1 is 0.625 bits per heavy atom. The van der Waals surface area contributed by atoms with Gasteiger partial charge in [-0.3, -0.25) is 9.80 Å². The predicted octanol–water partition coefficient (Wildman–Crippen LogP) is 3.83. The van der Waals surface area contributed by atoms with Crippen molar-refractivity contribution in [2.75, 3.05) is 9.80 Å². The van der Waals surface area contributed by atoms with Gasteiger partial charge in [0.1, 0.15) is 0 Å². The molecule has 2 atom stereocenters. The number of halogens is 2. The molecule has 2 aromatic rings. The van der Waals surface area contributed by atoms with Crippen molar-refractivity contribution in [3.8, 4) is 0 Å². The quantitative estimate of drug-likeness (QED) is 0.762. The second kappa shape index (κ2) is 5.58. The minimum atomic E-state index is -0.730. The van der Waals surface area contributed by atoms with Crippen molar-refractivity contribution in [1.82, 2.24) is 8.84 Å². The molecule has 0 radical (unpaired) electrons. The normalized spacial score (nSPS) is 23.2. The van der Waals surface area contributed by atoms with Crippen LogP contribution in [0.1, 0.15) is 0 Å². The highest BCUT2D eigenvalue weighted by Crippen LogP contribution is 2.41. The first-order chi connectivity index (χ1) is 11.6. The summed E-state index contributed by atoms with van der Waals surface area (Å²) in [5.74, 6) is 0. The highest BCUT2D eigenvalue weighted by molar-refractivity contribution is 6.29. The van der Waals surface area contributed by atoms with E-state index in [9.17, 15) is 9.59 Å². The molecule has 6 nitrogen and oxygen atoms in total. The molecule has 2 aliphatic heterocycles. The van der Waals surface area contributed by atoms with Gasteiger partial charge in [0.25, 0.3) is 0 Å². The fraction of sp³-hybridized carbons (Fsp3) is 0.125. The van der Waals surface area contributed by atoms with Crippen LogP contribution in [0, 0.1) is 0 Å². The summed E-state index contributed by atoms with van der Waals surface area (Å²) >= 11 is 12.5. The van der Waals surface area contributed by atoms with Crippen LogP contribution < -0.4 is 9.80 Å². The van der Waals surface area contributed by atoms with E-state index >= 15 is 0 Å². The zero-order chi connectivity index (χ0) is 16.8. The van der Waals surface area contributed by atoms with Gasteiger partial charge in [-0.2, -0.15) is 0 Å². The molecule has 0 N–H and O–H groups in total. The molecule has 2 unspecified atom stereocenters. The highest BCUT2D eigenvalue weighted by atomic mass is 35.5. The monoisotopic (exact) mass is 362 g/mol. The number of para-hydroxylation sites is 2. The molecule has 0 spiro atoms. The predicted molar refractivity (Wildman–Crippen MR) is 91.6 cm³/mol. The van der Waals surface area contributed by atoms with Crippen LogP contribution in [-0.4, -0.2) is 33.2 Å². The van der Waals surface area contributed by atoms with E-state index in [2.05, 4.69) is 0 Å². The van der Waals surface area contributed by atoms with Gasteiger partial charge in [0.05, 0.1) is 0 Å². The Morgan fingerprint density at radius 3 is 1.29 bits per heavy atom. The molecule has 2 aromatic carbocycles. The van der Waals surface area contributed by atoms with Crippen LogP contribution in [0.4, 0.5) is 21.0 Å². The average molecular weight is 363 g/mol. The number of carbonyl (C=O) groups is 2. The third-order valence-corrected chi connectivity index (χ3v) is 4.80. The molecular formula is C16H12Cl2N4O2. The molecule has 2 heterocycles. The van der Waals surface area contributed by atoms with Gasteiger partial charge in [-0.05, 0) is 24.3 Å². The number of urea groups is 2. The van der Waals surface area contributed by atoms with Gasteiger partial charge < -0.3 is 0 Å². The van der Waals surface area contributed by atoms with E-state index in [1.54, 1.807) is 48.5 Å². The minimum Gasteiger partial charge on any atom is -0.267 e. The lowest BCUT2D eigenvalue weighted by molar-refractivity contribution is 0.229. The highest BCUT2D eigenvalue weighted by Gasteiger charge is 2.60. The van der Waals surface area contributed by atoms with E-state index in [-0.39, 0.29) is 0 Å². The van der Waals surface area contributed by atoms with Crippen LogP contribution in [0.25, 0.3) is 0 Å². The summed E-state index contributed by atoms with van der Waals surface area (Å²) in [6.07, 6.45) is -1.46. The maximum Gasteiger partial charge on any atom is 0.343 e. The van der Waals surface area contributed by atoms with Crippen molar-refractivity contribution in [2.24, 2.45) is 0 Å². The molecule has 0 aliphatic carbocycles. The van der Waals surface area contributed by atoms with Gasteiger partial charge in [0.15, 0.2) is 12.3 Å². The third-order valence-electron chi connectivity index (χ3n) is 4.11. The van der Waals surface area contributed by atoms with Crippen molar-refractivity contribution >= 4 is 47.0 Å². The zero-order valence-corrected chi connectivity index (χ0v) is 13.8. The number of hydrogen-bond donors (Lipinski definition) is 0. The standard InChI is InChI=1S/C16H12Cl2N4O2/c17-21-13-14(20(16(21)24)12-9-5-2-6-10-12)22(18)15(23)19(13)11-7-3-1-4-8-11/h1-10,13-14H. The zero-order valence-electron chi connectivity index (χ0n) is 12.3. The average Bonchev–Trinajstić information content (AvgIpc) is 3.02. The molecule has 4 amide bonds. The van der Waals surface area contributed by atoms with E-state index in [1.165, 1.54) is 9.80 Å². The molecule has 2 aliphatic rings. The van der Waals surface area contributed by atoms with Crippen LogP contribution in [-0.2, 0) is 0 Å². The summed E-state index contributed by atoms with van der Waals surface area (Å²) in [5, 5.41) is 0. The molecule has 2 fully saturated rings. The Labute approximate surface area is 148 Å². The lowest BCUT2D eigenvalue weighted by atomic mass is 10.2. The first-order valence-electron chi connectivity index (χ1n) is 7.28. The maximum atomic E-state index is 12.6. The second-order valence-electron chi connectivity index (χ2n) is 5.43. The number of nitrogens with zero attached hydrogens (tertiary/aromatic N) is 4. The smallest absolute Gasteiger partial charge is 0.267 e. The van der Waals surface area contributed by atoms with E-state index in [0.717, 1.165) is 8.84 Å². The Hall–Kier alpha value is -2.44. The van der Waals surface area contributed by atoms with Crippen LogP contribution in [0.2, 0.25) is 0 Å². The van der Waals surface area contributed by atoms with Gasteiger partial charge in [0.2, 0.25) is 0 Å². The van der Waals surface area contributed by atoms with Crippen molar-refractivity contribution < 1.29 is 9.59 Å². The molecular weight excluding hydrogens is 351 g/mol. The number of benzene rings is 2. The summed E-state index contributed by atoms with van der Waals surface area (Å²) in [4.78, 5) is 28.1. The van der Waals surface area contributed by atoms with Crippen molar-refractivity contribution in [2.45, 2.75) is 12.3 Å². The first kappa shape index (κ1) is 15.1. The summed E-state index contributed by atoms with van der Waals surface area (Å²) < 4.78 is 2.04. The van der Waals surface area contributed by atoms with Gasteiger partial charge in [-0.25, -0.2) is 18.4 Å². The molecule has 2 saturated heterocycles. The molecule has 4 rings (SSSR count). The molecule has 0 saturated carbocycles. The summed E-state index contributed by atoms with van der Waals surface area (Å²) in [5.41, 5.74) is 1.24. The lowest BCUT2D eigenvalue weighted by Crippen LogP contribution is -2.42. The van der Waals surface area contributed by atoms with Crippen molar-refractivity contribution in [3.05, 3.63) is 60.7 Å². The van der Waals surface area contributed by atoms with E-state index in [4.69, 9.17) is 23.6 Å². The minimum absolute atomic E-state index is 0.433. The summed E-state index contributed by atoms with van der Waals surface area (Å²) in [7, 11) is 0. The van der Waals surface area contributed by atoms with Crippen LogP contribution in [0.3, 0.4) is 0 Å². The summed E-state index contributed by atoms with van der Waals surface area (Å²) in [6.45, 7) is 0. The second-order valence-corrected chi connectivity index (χ2v) is 6.15. The SMILES string of the molecule is O=C1N(Cl)C2C(N(Cl)C(=O)N2c2ccccc2)N1c1ccccc1. The topological polar surface area (TPSA) is 47.1 Å². The Morgan fingerprint density at radius 2 is 0.958 bits per heavy atom. The van der Waals surface area contributed by atoms with Crippen molar-refractivity contribution in [3.63, 3.8) is 0 Å². The number of fused-ring (bicyclic) bond motifs is 1. The van der Waals surface area contributed by atoms with Crippen LogP contribution >= 0.6 is 23.6 Å². The fourth-order valence-corrected chi connectivity index (χ4v) is 3.60. The molecule has 24 heavy (non-hydrogen) atoms. The Bertz CT molecular complexity index is 722. The van der Waals surface area contributed by atoms with Gasteiger partial charge in [-0.15, -0.1) is 0 Å². The molecule has 122 valence electrons. The fourth-order valence-electron chi connectivity index (χ4n) is 3.07. The van der Waals surface area contributed by atoms with E-state index in [1.807, 2.05) is 12.1 Å². The lowest BCUT2D eigenvalue weighted by Gasteiger charge is -2.24. The largest absolute Gasteiger partial charge is 0.343 e. The first-order valence-corrected chi connectivity index (χ1v) is 7.95. The number of rotatable bonds is 2. The Kier molecular flexibility index (Phi) is 3.51. The molecule has 0 bridgehead atoms. The van der Waals surface area contributed by atoms with E-state index < -0.39 is 24.4 Å². The van der Waals surface area contributed by atoms with Crippen LogP contribution in [0.15, 0.2) is 60.7 Å². The molecule has 8 heteroatoms. The number of hydrogen-bond acceptors (Lipinski definition) is 2. The number of amides is 4. The third kappa shape index (κ3) is 2.03. The number of carbonyl (C=O) groups excluding carboxylic acids is 2. The van der Waals surface area contributed by atoms with Gasteiger partial charge in [0, 0.05) is 34.9 Å². The maximum absolute atomic E-state index is 12.6. The molecule has 0 aromatic heterocycles. The van der Waals surface area contributed by atoms with Gasteiger partial charge in [-0.1, -0.05) is 36.4 Å². The number of anilines is 2. The van der Waals surface area contributed by atoms with E-state index in [0.29, 0.717) is 11.4 Å². The van der Waals surface area contributed by atoms with Crippen molar-refractivity contribution in [1.29, 1.82) is 0 Å². The van der Waals surface area contributed by atoms with Gasteiger partial charge >= 0.3 is 12.1 Å².